The van der Waals surface area contributed by atoms with Gasteiger partial charge in [-0.3, -0.25) is 9.69 Å². The topological polar surface area (TPSA) is 20.3 Å². The maximum atomic E-state index is 13.3. The SMILES string of the molecule is CC(C)c1ccc(C=C2SC(=S)N(c3ccc(F)c(Cl)c3)C2=O)cc1. The summed E-state index contributed by atoms with van der Waals surface area (Å²) < 4.78 is 13.7. The van der Waals surface area contributed by atoms with E-state index in [1.165, 1.54) is 40.4 Å². The molecular weight excluding hydrogens is 377 g/mol. The molecule has 0 aliphatic carbocycles. The lowest BCUT2D eigenvalue weighted by molar-refractivity contribution is -0.113. The zero-order chi connectivity index (χ0) is 18.1. The van der Waals surface area contributed by atoms with E-state index in [9.17, 15) is 9.18 Å². The molecule has 2 nitrogen and oxygen atoms in total. The zero-order valence-electron chi connectivity index (χ0n) is 13.6. The van der Waals surface area contributed by atoms with Gasteiger partial charge >= 0.3 is 0 Å². The van der Waals surface area contributed by atoms with E-state index in [-0.39, 0.29) is 10.9 Å². The summed E-state index contributed by atoms with van der Waals surface area (Å²) in [5, 5.41) is -0.0418. The van der Waals surface area contributed by atoms with Crippen LogP contribution < -0.4 is 4.90 Å². The van der Waals surface area contributed by atoms with Crippen LogP contribution in [0.15, 0.2) is 47.4 Å². The number of halogens is 2. The first-order valence-corrected chi connectivity index (χ1v) is 9.30. The van der Waals surface area contributed by atoms with E-state index in [1.54, 1.807) is 0 Å². The van der Waals surface area contributed by atoms with Gasteiger partial charge in [0.15, 0.2) is 4.32 Å². The molecule has 6 heteroatoms. The maximum absolute atomic E-state index is 13.3. The number of hydrogen-bond acceptors (Lipinski definition) is 3. The predicted octanol–water partition coefficient (Wildman–Crippen LogP) is 6.01. The Balaban J connectivity index is 1.88. The number of rotatable bonds is 3. The number of hydrogen-bond donors (Lipinski definition) is 0. The number of amides is 1. The van der Waals surface area contributed by atoms with Crippen molar-refractivity contribution in [2.45, 2.75) is 19.8 Å². The maximum Gasteiger partial charge on any atom is 0.270 e. The molecule has 0 radical (unpaired) electrons. The molecule has 0 bridgehead atoms. The van der Waals surface area contributed by atoms with Crippen molar-refractivity contribution in [3.8, 4) is 0 Å². The Morgan fingerprint density at radius 2 is 1.88 bits per heavy atom. The van der Waals surface area contributed by atoms with Crippen LogP contribution in [0.4, 0.5) is 10.1 Å². The highest BCUT2D eigenvalue weighted by atomic mass is 35.5. The van der Waals surface area contributed by atoms with Gasteiger partial charge in [0.2, 0.25) is 0 Å². The monoisotopic (exact) mass is 391 g/mol. The highest BCUT2D eigenvalue weighted by Crippen LogP contribution is 2.37. The third-order valence-corrected chi connectivity index (χ3v) is 5.45. The van der Waals surface area contributed by atoms with Crippen LogP contribution in [0, 0.1) is 5.82 Å². The Hall–Kier alpha value is -1.69. The number of nitrogens with zero attached hydrogens (tertiary/aromatic N) is 1. The van der Waals surface area contributed by atoms with E-state index in [4.69, 9.17) is 23.8 Å². The molecule has 25 heavy (non-hydrogen) atoms. The number of carbonyl (C=O) groups is 1. The largest absolute Gasteiger partial charge is 0.270 e. The van der Waals surface area contributed by atoms with Gasteiger partial charge in [-0.2, -0.15) is 0 Å². The minimum atomic E-state index is -0.531. The Kier molecular flexibility index (Phi) is 5.27. The molecule has 2 aromatic carbocycles. The standard InChI is InChI=1S/C19H15ClFNOS2/c1-11(2)13-5-3-12(4-6-13)9-17-18(23)22(19(24)25-17)14-7-8-16(21)15(20)10-14/h3-11H,1-2H3. The molecule has 1 heterocycles. The average Bonchev–Trinajstić information content (AvgIpc) is 2.85. The molecule has 2 aromatic rings. The van der Waals surface area contributed by atoms with E-state index >= 15 is 0 Å². The quantitative estimate of drug-likeness (QED) is 0.472. The highest BCUT2D eigenvalue weighted by molar-refractivity contribution is 8.27. The predicted molar refractivity (Wildman–Crippen MR) is 108 cm³/mol. The van der Waals surface area contributed by atoms with Crippen molar-refractivity contribution in [3.05, 3.63) is 69.3 Å². The van der Waals surface area contributed by atoms with Gasteiger partial charge in [0.1, 0.15) is 5.82 Å². The first kappa shape index (κ1) is 18.1. The number of carbonyl (C=O) groups excluding carboxylic acids is 1. The van der Waals surface area contributed by atoms with Crippen LogP contribution in [0.3, 0.4) is 0 Å². The second kappa shape index (κ2) is 7.28. The first-order valence-electron chi connectivity index (χ1n) is 7.70. The summed E-state index contributed by atoms with van der Waals surface area (Å²) in [5.74, 6) is -0.308. The molecule has 0 N–H and O–H groups in total. The molecule has 128 valence electrons. The molecule has 0 aromatic heterocycles. The van der Waals surface area contributed by atoms with Crippen LogP contribution in [0.1, 0.15) is 30.9 Å². The minimum Gasteiger partial charge on any atom is -0.268 e. The summed E-state index contributed by atoms with van der Waals surface area (Å²) >= 11 is 12.4. The number of anilines is 1. The Labute approximate surface area is 160 Å². The number of thioether (sulfide) groups is 1. The van der Waals surface area contributed by atoms with E-state index < -0.39 is 5.82 Å². The lowest BCUT2D eigenvalue weighted by atomic mass is 10.0. The summed E-state index contributed by atoms with van der Waals surface area (Å²) in [6, 6.07) is 12.2. The van der Waals surface area contributed by atoms with Gasteiger partial charge in [0.25, 0.3) is 5.91 Å². The van der Waals surface area contributed by atoms with Gasteiger partial charge in [-0.25, -0.2) is 4.39 Å². The first-order chi connectivity index (χ1) is 11.9. The third kappa shape index (κ3) is 3.78. The molecule has 0 spiro atoms. The molecule has 0 atom stereocenters. The molecule has 1 aliphatic rings. The molecule has 0 unspecified atom stereocenters. The molecule has 1 amide bonds. The minimum absolute atomic E-state index is 0.0418. The Morgan fingerprint density at radius 1 is 1.20 bits per heavy atom. The molecule has 3 rings (SSSR count). The van der Waals surface area contributed by atoms with Crippen molar-refractivity contribution >= 4 is 57.6 Å². The van der Waals surface area contributed by atoms with Gasteiger partial charge in [0.05, 0.1) is 15.6 Å². The van der Waals surface area contributed by atoms with Crippen molar-refractivity contribution in [1.29, 1.82) is 0 Å². The Bertz CT molecular complexity index is 877. The summed E-state index contributed by atoms with van der Waals surface area (Å²) in [5.41, 5.74) is 2.64. The number of thiocarbonyl (C=S) groups is 1. The smallest absolute Gasteiger partial charge is 0.268 e. The molecule has 0 saturated carbocycles. The van der Waals surface area contributed by atoms with Gasteiger partial charge < -0.3 is 0 Å². The molecule has 1 fully saturated rings. The fourth-order valence-corrected chi connectivity index (χ4v) is 3.92. The molecule has 1 saturated heterocycles. The van der Waals surface area contributed by atoms with E-state index in [0.717, 1.165) is 5.56 Å². The van der Waals surface area contributed by atoms with Crippen molar-refractivity contribution in [3.63, 3.8) is 0 Å². The lowest BCUT2D eigenvalue weighted by Crippen LogP contribution is -2.27. The van der Waals surface area contributed by atoms with Crippen molar-refractivity contribution in [1.82, 2.24) is 0 Å². The fourth-order valence-electron chi connectivity index (χ4n) is 2.44. The van der Waals surface area contributed by atoms with E-state index in [0.29, 0.717) is 20.8 Å². The van der Waals surface area contributed by atoms with Crippen molar-refractivity contribution in [2.75, 3.05) is 4.90 Å². The highest BCUT2D eigenvalue weighted by Gasteiger charge is 2.33. The average molecular weight is 392 g/mol. The van der Waals surface area contributed by atoms with Crippen LogP contribution in [0.5, 0.6) is 0 Å². The molecular formula is C19H15ClFNOS2. The molecule has 1 aliphatic heterocycles. The number of benzene rings is 2. The van der Waals surface area contributed by atoms with Crippen LogP contribution in [-0.4, -0.2) is 10.2 Å². The van der Waals surface area contributed by atoms with Gasteiger partial charge in [-0.1, -0.05) is 73.7 Å². The van der Waals surface area contributed by atoms with Gasteiger partial charge in [0, 0.05) is 0 Å². The third-order valence-electron chi connectivity index (χ3n) is 3.86. The summed E-state index contributed by atoms with van der Waals surface area (Å²) in [6.07, 6.45) is 1.81. The van der Waals surface area contributed by atoms with E-state index in [2.05, 4.69) is 26.0 Å². The van der Waals surface area contributed by atoms with Crippen LogP contribution >= 0.6 is 35.6 Å². The van der Waals surface area contributed by atoms with Crippen molar-refractivity contribution < 1.29 is 9.18 Å². The fraction of sp³-hybridized carbons (Fsp3) is 0.158. The van der Waals surface area contributed by atoms with Gasteiger partial charge in [-0.15, -0.1) is 0 Å². The van der Waals surface area contributed by atoms with Crippen molar-refractivity contribution in [2.24, 2.45) is 0 Å². The summed E-state index contributed by atoms with van der Waals surface area (Å²) in [7, 11) is 0. The van der Waals surface area contributed by atoms with Crippen LogP contribution in [-0.2, 0) is 4.79 Å². The Morgan fingerprint density at radius 3 is 2.48 bits per heavy atom. The normalized spacial score (nSPS) is 16.4. The van der Waals surface area contributed by atoms with Crippen LogP contribution in [0.2, 0.25) is 5.02 Å². The lowest BCUT2D eigenvalue weighted by Gasteiger charge is -2.14. The second-order valence-corrected chi connectivity index (χ2v) is 8.02. The van der Waals surface area contributed by atoms with Crippen LogP contribution in [0.25, 0.3) is 6.08 Å². The van der Waals surface area contributed by atoms with Gasteiger partial charge in [-0.05, 0) is 41.3 Å². The summed E-state index contributed by atoms with van der Waals surface area (Å²) in [6.45, 7) is 4.27. The second-order valence-electron chi connectivity index (χ2n) is 5.94. The summed E-state index contributed by atoms with van der Waals surface area (Å²) in [4.78, 5) is 14.6. The van der Waals surface area contributed by atoms with E-state index in [1.807, 2.05) is 18.2 Å². The zero-order valence-corrected chi connectivity index (χ0v) is 16.0.